The number of carbonyl (C=O) groups is 1. The fraction of sp³-hybridized carbons (Fsp3) is 0.316. The van der Waals surface area contributed by atoms with Crippen molar-refractivity contribution in [1.82, 2.24) is 4.72 Å². The largest absolute Gasteiger partial charge is 0.495 e. The molecule has 2 aromatic rings. The second-order valence-corrected chi connectivity index (χ2v) is 7.85. The van der Waals surface area contributed by atoms with E-state index >= 15 is 0 Å². The van der Waals surface area contributed by atoms with Crippen LogP contribution in [0, 0.1) is 0 Å². The number of sulfonamides is 1. The predicted molar refractivity (Wildman–Crippen MR) is 106 cm³/mol. The molecule has 0 bridgehead atoms. The first-order valence-corrected chi connectivity index (χ1v) is 9.94. The molecule has 0 heterocycles. The minimum Gasteiger partial charge on any atom is -0.495 e. The Morgan fingerprint density at radius 1 is 0.893 bits per heavy atom. The summed E-state index contributed by atoms with van der Waals surface area (Å²) in [7, 11) is 0.532. The number of hydrogen-bond acceptors (Lipinski definition) is 6. The van der Waals surface area contributed by atoms with Crippen LogP contribution in [0.5, 0.6) is 17.2 Å². The van der Waals surface area contributed by atoms with Gasteiger partial charge in [-0.05, 0) is 44.2 Å². The molecule has 0 aliphatic carbocycles. The highest BCUT2D eigenvalue weighted by Crippen LogP contribution is 2.30. The van der Waals surface area contributed by atoms with Crippen molar-refractivity contribution in [1.29, 1.82) is 0 Å². The fourth-order valence-corrected chi connectivity index (χ4v) is 3.96. The van der Waals surface area contributed by atoms with Gasteiger partial charge in [0.1, 0.15) is 10.6 Å². The maximum absolute atomic E-state index is 12.6. The maximum atomic E-state index is 12.6. The van der Waals surface area contributed by atoms with Crippen LogP contribution in [0.1, 0.15) is 24.2 Å². The molecule has 152 valence electrons. The molecule has 8 nitrogen and oxygen atoms in total. The zero-order valence-corrected chi connectivity index (χ0v) is 17.2. The lowest BCUT2D eigenvalue weighted by Crippen LogP contribution is -2.30. The van der Waals surface area contributed by atoms with Gasteiger partial charge in [-0.3, -0.25) is 4.79 Å². The topological polar surface area (TPSA) is 103 Å². The molecule has 1 amide bonds. The Morgan fingerprint density at radius 3 is 2.07 bits per heavy atom. The fourth-order valence-electron chi connectivity index (χ4n) is 2.52. The van der Waals surface area contributed by atoms with E-state index in [1.165, 1.54) is 39.5 Å². The van der Waals surface area contributed by atoms with E-state index in [1.807, 2.05) is 0 Å². The number of amides is 1. The van der Waals surface area contributed by atoms with E-state index in [4.69, 9.17) is 14.2 Å². The van der Waals surface area contributed by atoms with Crippen molar-refractivity contribution in [2.24, 2.45) is 0 Å². The molecule has 28 heavy (non-hydrogen) atoms. The average molecular weight is 408 g/mol. The molecule has 0 radical (unpaired) electrons. The number of rotatable bonds is 8. The summed E-state index contributed by atoms with van der Waals surface area (Å²) in [5.74, 6) is 0.657. The third kappa shape index (κ3) is 4.93. The van der Waals surface area contributed by atoms with E-state index in [9.17, 15) is 13.2 Å². The van der Waals surface area contributed by atoms with Crippen LogP contribution in [-0.2, 0) is 10.0 Å². The highest BCUT2D eigenvalue weighted by atomic mass is 32.2. The lowest BCUT2D eigenvalue weighted by molar-refractivity contribution is 0.102. The molecule has 2 N–H and O–H groups in total. The molecule has 0 spiro atoms. The van der Waals surface area contributed by atoms with Crippen molar-refractivity contribution < 1.29 is 27.4 Å². The lowest BCUT2D eigenvalue weighted by atomic mass is 10.2. The summed E-state index contributed by atoms with van der Waals surface area (Å²) in [5, 5.41) is 2.71. The van der Waals surface area contributed by atoms with Crippen molar-refractivity contribution in [3.05, 3.63) is 42.0 Å². The van der Waals surface area contributed by atoms with Crippen LogP contribution in [0.25, 0.3) is 0 Å². The Kier molecular flexibility index (Phi) is 6.87. The van der Waals surface area contributed by atoms with E-state index in [0.717, 1.165) is 0 Å². The smallest absolute Gasteiger partial charge is 0.255 e. The van der Waals surface area contributed by atoms with Crippen molar-refractivity contribution >= 4 is 21.6 Å². The Bertz CT molecular complexity index is 957. The highest BCUT2D eigenvalue weighted by Gasteiger charge is 2.22. The van der Waals surface area contributed by atoms with Crippen molar-refractivity contribution in [2.75, 3.05) is 26.6 Å². The van der Waals surface area contributed by atoms with Crippen LogP contribution < -0.4 is 24.2 Å². The molecule has 0 aliphatic heterocycles. The SMILES string of the molecule is COc1ccc(NC(=O)c2ccc(OC)c(S(=O)(=O)NC(C)C)c2)cc1OC. The zero-order chi connectivity index (χ0) is 20.9. The van der Waals surface area contributed by atoms with Crippen LogP contribution in [0.4, 0.5) is 5.69 Å². The Balaban J connectivity index is 2.35. The van der Waals surface area contributed by atoms with Crippen LogP contribution in [0.3, 0.4) is 0 Å². The van der Waals surface area contributed by atoms with Crippen LogP contribution in [0.2, 0.25) is 0 Å². The first kappa shape index (κ1) is 21.5. The summed E-state index contributed by atoms with van der Waals surface area (Å²) < 4.78 is 43.1. The number of anilines is 1. The Hall–Kier alpha value is -2.78. The Labute approximate surface area is 164 Å². The molecule has 0 saturated heterocycles. The van der Waals surface area contributed by atoms with Crippen LogP contribution in [-0.4, -0.2) is 41.7 Å². The molecule has 0 aromatic heterocycles. The van der Waals surface area contributed by atoms with Gasteiger partial charge >= 0.3 is 0 Å². The van der Waals surface area contributed by atoms with Gasteiger partial charge in [-0.2, -0.15) is 0 Å². The minimum atomic E-state index is -3.84. The summed E-state index contributed by atoms with van der Waals surface area (Å²) in [6, 6.07) is 8.82. The van der Waals surface area contributed by atoms with Gasteiger partial charge in [0, 0.05) is 23.4 Å². The van der Waals surface area contributed by atoms with E-state index < -0.39 is 15.9 Å². The molecule has 9 heteroatoms. The van der Waals surface area contributed by atoms with Gasteiger partial charge < -0.3 is 19.5 Å². The summed E-state index contributed by atoms with van der Waals surface area (Å²) >= 11 is 0. The van der Waals surface area contributed by atoms with Gasteiger partial charge in [0.05, 0.1) is 21.3 Å². The monoisotopic (exact) mass is 408 g/mol. The average Bonchev–Trinajstić information content (AvgIpc) is 2.66. The molecule has 0 saturated carbocycles. The van der Waals surface area contributed by atoms with Gasteiger partial charge in [0.15, 0.2) is 11.5 Å². The lowest BCUT2D eigenvalue weighted by Gasteiger charge is -2.14. The number of benzene rings is 2. The Morgan fingerprint density at radius 2 is 1.50 bits per heavy atom. The molecule has 2 rings (SSSR count). The van der Waals surface area contributed by atoms with Gasteiger partial charge in [0.25, 0.3) is 5.91 Å². The highest BCUT2D eigenvalue weighted by molar-refractivity contribution is 7.89. The molecule has 0 aliphatic rings. The normalized spacial score (nSPS) is 11.2. The second kappa shape index (κ2) is 8.94. The number of ether oxygens (including phenoxy) is 3. The third-order valence-corrected chi connectivity index (χ3v) is 5.43. The van der Waals surface area contributed by atoms with Crippen LogP contribution in [0.15, 0.2) is 41.3 Å². The number of methoxy groups -OCH3 is 3. The summed E-state index contributed by atoms with van der Waals surface area (Å²) in [5.41, 5.74) is 0.642. The third-order valence-electron chi connectivity index (χ3n) is 3.75. The standard InChI is InChI=1S/C19H24N2O6S/c1-12(2)21-28(23,24)18-10-13(6-8-16(18)26-4)19(22)20-14-7-9-15(25-3)17(11-14)27-5/h6-12,21H,1-5H3,(H,20,22). The van der Waals surface area contributed by atoms with Gasteiger partial charge in [-0.25, -0.2) is 13.1 Å². The second-order valence-electron chi connectivity index (χ2n) is 6.17. The molecule has 2 aromatic carbocycles. The van der Waals surface area contributed by atoms with Crippen molar-refractivity contribution in [2.45, 2.75) is 24.8 Å². The molecule has 0 atom stereocenters. The molecule has 0 unspecified atom stereocenters. The summed E-state index contributed by atoms with van der Waals surface area (Å²) in [6.45, 7) is 3.41. The zero-order valence-electron chi connectivity index (χ0n) is 16.4. The maximum Gasteiger partial charge on any atom is 0.255 e. The quantitative estimate of drug-likeness (QED) is 0.696. The van der Waals surface area contributed by atoms with Crippen molar-refractivity contribution in [3.63, 3.8) is 0 Å². The van der Waals surface area contributed by atoms with E-state index in [2.05, 4.69) is 10.0 Å². The molecular formula is C19H24N2O6S. The molecular weight excluding hydrogens is 384 g/mol. The van der Waals surface area contributed by atoms with Crippen molar-refractivity contribution in [3.8, 4) is 17.2 Å². The minimum absolute atomic E-state index is 0.108. The molecule has 0 fully saturated rings. The summed E-state index contributed by atoms with van der Waals surface area (Å²) in [4.78, 5) is 12.5. The number of hydrogen-bond donors (Lipinski definition) is 2. The first-order valence-electron chi connectivity index (χ1n) is 8.45. The van der Waals surface area contributed by atoms with E-state index in [1.54, 1.807) is 32.0 Å². The summed E-state index contributed by atoms with van der Waals surface area (Å²) in [6.07, 6.45) is 0. The van der Waals surface area contributed by atoms with Gasteiger partial charge in [-0.1, -0.05) is 0 Å². The van der Waals surface area contributed by atoms with Gasteiger partial charge in [0.2, 0.25) is 10.0 Å². The van der Waals surface area contributed by atoms with E-state index in [0.29, 0.717) is 17.2 Å². The predicted octanol–water partition coefficient (Wildman–Crippen LogP) is 2.65. The van der Waals surface area contributed by atoms with Gasteiger partial charge in [-0.15, -0.1) is 0 Å². The number of carbonyl (C=O) groups excluding carboxylic acids is 1. The van der Waals surface area contributed by atoms with E-state index in [-0.39, 0.29) is 22.3 Å². The first-order chi connectivity index (χ1) is 13.2. The number of nitrogens with one attached hydrogen (secondary N) is 2. The van der Waals surface area contributed by atoms with Crippen LogP contribution >= 0.6 is 0 Å².